The van der Waals surface area contributed by atoms with Gasteiger partial charge in [0.2, 0.25) is 0 Å². The molecular weight excluding hydrogens is 181 g/mol. The van der Waals surface area contributed by atoms with Crippen molar-refractivity contribution in [3.63, 3.8) is 0 Å². The Balaban J connectivity index is 2.41. The van der Waals surface area contributed by atoms with Crippen LogP contribution in [0.3, 0.4) is 0 Å². The summed E-state index contributed by atoms with van der Waals surface area (Å²) in [7, 11) is 0. The standard InChI is InChI=1S/C11H14FNO/c1-11(2,12)9-6-13-10-5-7(14)3-4-8(9)10/h3-5,9,13-14H,6H2,1-2H3. The Bertz CT molecular complexity index is 357. The smallest absolute Gasteiger partial charge is 0.117 e. The highest BCUT2D eigenvalue weighted by atomic mass is 19.1. The molecule has 2 N–H and O–H groups in total. The van der Waals surface area contributed by atoms with E-state index in [0.29, 0.717) is 6.54 Å². The fourth-order valence-corrected chi connectivity index (χ4v) is 1.94. The van der Waals surface area contributed by atoms with Crippen LogP contribution in [0.5, 0.6) is 5.75 Å². The van der Waals surface area contributed by atoms with Gasteiger partial charge in [-0.2, -0.15) is 0 Å². The molecule has 0 bridgehead atoms. The van der Waals surface area contributed by atoms with Crippen LogP contribution in [0, 0.1) is 0 Å². The fraction of sp³-hybridized carbons (Fsp3) is 0.455. The van der Waals surface area contributed by atoms with Gasteiger partial charge in [-0.1, -0.05) is 6.07 Å². The van der Waals surface area contributed by atoms with Gasteiger partial charge in [-0.3, -0.25) is 0 Å². The molecular formula is C11H14FNO. The lowest BCUT2D eigenvalue weighted by atomic mass is 9.88. The third kappa shape index (κ3) is 1.43. The molecule has 0 spiro atoms. The second-order valence-corrected chi connectivity index (χ2v) is 4.27. The number of hydrogen-bond donors (Lipinski definition) is 2. The number of benzene rings is 1. The maximum atomic E-state index is 13.8. The number of phenolic OH excluding ortho intramolecular Hbond substituents is 1. The minimum Gasteiger partial charge on any atom is -0.508 e. The number of fused-ring (bicyclic) bond motifs is 1. The first kappa shape index (κ1) is 9.31. The summed E-state index contributed by atoms with van der Waals surface area (Å²) in [5.41, 5.74) is 0.575. The van der Waals surface area contributed by atoms with Gasteiger partial charge in [0.15, 0.2) is 0 Å². The Hall–Kier alpha value is -1.25. The van der Waals surface area contributed by atoms with Crippen LogP contribution in [0.4, 0.5) is 10.1 Å². The van der Waals surface area contributed by atoms with Gasteiger partial charge in [0.05, 0.1) is 0 Å². The predicted molar refractivity (Wildman–Crippen MR) is 54.5 cm³/mol. The molecule has 0 radical (unpaired) electrons. The zero-order valence-corrected chi connectivity index (χ0v) is 8.34. The van der Waals surface area contributed by atoms with Crippen molar-refractivity contribution in [2.45, 2.75) is 25.4 Å². The summed E-state index contributed by atoms with van der Waals surface area (Å²) in [6, 6.07) is 5.03. The molecule has 1 atom stereocenters. The SMILES string of the molecule is CC(C)(F)C1CNc2cc(O)ccc21. The molecule has 0 aliphatic carbocycles. The van der Waals surface area contributed by atoms with E-state index in [1.54, 1.807) is 32.0 Å². The van der Waals surface area contributed by atoms with Gasteiger partial charge in [0.25, 0.3) is 0 Å². The average molecular weight is 195 g/mol. The van der Waals surface area contributed by atoms with E-state index in [1.807, 2.05) is 0 Å². The van der Waals surface area contributed by atoms with Crippen molar-refractivity contribution in [1.82, 2.24) is 0 Å². The largest absolute Gasteiger partial charge is 0.508 e. The first-order valence-electron chi connectivity index (χ1n) is 4.74. The maximum absolute atomic E-state index is 13.8. The number of anilines is 1. The van der Waals surface area contributed by atoms with E-state index < -0.39 is 5.67 Å². The van der Waals surface area contributed by atoms with E-state index >= 15 is 0 Å². The van der Waals surface area contributed by atoms with E-state index in [-0.39, 0.29) is 11.7 Å². The van der Waals surface area contributed by atoms with Crippen LogP contribution >= 0.6 is 0 Å². The zero-order valence-electron chi connectivity index (χ0n) is 8.34. The third-order valence-corrected chi connectivity index (χ3v) is 2.74. The Morgan fingerprint density at radius 2 is 2.21 bits per heavy atom. The summed E-state index contributed by atoms with van der Waals surface area (Å²) in [6.07, 6.45) is 0. The lowest BCUT2D eigenvalue weighted by Gasteiger charge is -2.22. The second kappa shape index (κ2) is 2.87. The molecule has 0 amide bonds. The average Bonchev–Trinajstić information content (AvgIpc) is 2.45. The van der Waals surface area contributed by atoms with Crippen LogP contribution < -0.4 is 5.32 Å². The van der Waals surface area contributed by atoms with Gasteiger partial charge in [-0.05, 0) is 25.5 Å². The first-order valence-corrected chi connectivity index (χ1v) is 4.74. The van der Waals surface area contributed by atoms with Crippen LogP contribution in [0.2, 0.25) is 0 Å². The molecule has 0 saturated heterocycles. The van der Waals surface area contributed by atoms with Crippen LogP contribution in [0.1, 0.15) is 25.3 Å². The molecule has 1 aliphatic rings. The summed E-state index contributed by atoms with van der Waals surface area (Å²) in [6.45, 7) is 3.77. The number of halogens is 1. The molecule has 1 unspecified atom stereocenters. The number of aromatic hydroxyl groups is 1. The molecule has 14 heavy (non-hydrogen) atoms. The second-order valence-electron chi connectivity index (χ2n) is 4.27. The summed E-state index contributed by atoms with van der Waals surface area (Å²) < 4.78 is 13.8. The molecule has 1 aliphatic heterocycles. The Kier molecular flexibility index (Phi) is 1.91. The van der Waals surface area contributed by atoms with Crippen molar-refractivity contribution in [3.05, 3.63) is 23.8 Å². The van der Waals surface area contributed by atoms with E-state index in [0.717, 1.165) is 11.3 Å². The maximum Gasteiger partial charge on any atom is 0.117 e. The molecule has 0 fully saturated rings. The van der Waals surface area contributed by atoms with Gasteiger partial charge in [0, 0.05) is 24.2 Å². The predicted octanol–water partition coefficient (Wildman–Crippen LogP) is 2.65. The molecule has 76 valence electrons. The Morgan fingerprint density at radius 3 is 2.86 bits per heavy atom. The molecule has 2 nitrogen and oxygen atoms in total. The van der Waals surface area contributed by atoms with Crippen molar-refractivity contribution < 1.29 is 9.50 Å². The molecule has 1 aromatic rings. The zero-order chi connectivity index (χ0) is 10.3. The van der Waals surface area contributed by atoms with Gasteiger partial charge < -0.3 is 10.4 Å². The molecule has 0 aromatic heterocycles. The summed E-state index contributed by atoms with van der Waals surface area (Å²) in [5.74, 6) is 0.0895. The topological polar surface area (TPSA) is 32.3 Å². The molecule has 1 heterocycles. The number of nitrogens with one attached hydrogen (secondary N) is 1. The van der Waals surface area contributed by atoms with Gasteiger partial charge >= 0.3 is 0 Å². The van der Waals surface area contributed by atoms with E-state index in [2.05, 4.69) is 5.32 Å². The van der Waals surface area contributed by atoms with E-state index in [9.17, 15) is 9.50 Å². The summed E-state index contributed by atoms with van der Waals surface area (Å²) in [4.78, 5) is 0. The summed E-state index contributed by atoms with van der Waals surface area (Å²) >= 11 is 0. The van der Waals surface area contributed by atoms with E-state index in [4.69, 9.17) is 0 Å². The van der Waals surface area contributed by atoms with Gasteiger partial charge in [-0.25, -0.2) is 4.39 Å². The lowest BCUT2D eigenvalue weighted by molar-refractivity contribution is 0.180. The number of phenols is 1. The van der Waals surface area contributed by atoms with E-state index in [1.165, 1.54) is 0 Å². The minimum atomic E-state index is -1.23. The van der Waals surface area contributed by atoms with Crippen molar-refractivity contribution in [2.24, 2.45) is 0 Å². The van der Waals surface area contributed by atoms with Crippen molar-refractivity contribution in [1.29, 1.82) is 0 Å². The highest BCUT2D eigenvalue weighted by Gasteiger charge is 2.35. The number of hydrogen-bond acceptors (Lipinski definition) is 2. The van der Waals surface area contributed by atoms with Crippen LogP contribution in [-0.2, 0) is 0 Å². The Morgan fingerprint density at radius 1 is 1.50 bits per heavy atom. The quantitative estimate of drug-likeness (QED) is 0.722. The molecule has 2 rings (SSSR count). The van der Waals surface area contributed by atoms with Gasteiger partial charge in [-0.15, -0.1) is 0 Å². The number of rotatable bonds is 1. The first-order chi connectivity index (χ1) is 6.48. The lowest BCUT2D eigenvalue weighted by Crippen LogP contribution is -2.25. The number of alkyl halides is 1. The van der Waals surface area contributed by atoms with Crippen LogP contribution in [-0.4, -0.2) is 17.3 Å². The Labute approximate surface area is 82.8 Å². The third-order valence-electron chi connectivity index (χ3n) is 2.74. The molecule has 3 heteroatoms. The highest BCUT2D eigenvalue weighted by molar-refractivity contribution is 5.61. The molecule has 0 saturated carbocycles. The highest BCUT2D eigenvalue weighted by Crippen LogP contribution is 2.41. The van der Waals surface area contributed by atoms with Crippen molar-refractivity contribution in [3.8, 4) is 5.75 Å². The van der Waals surface area contributed by atoms with Crippen LogP contribution in [0.25, 0.3) is 0 Å². The summed E-state index contributed by atoms with van der Waals surface area (Å²) in [5, 5.41) is 12.3. The molecule has 1 aromatic carbocycles. The fourth-order valence-electron chi connectivity index (χ4n) is 1.94. The normalized spacial score (nSPS) is 20.4. The van der Waals surface area contributed by atoms with Crippen LogP contribution in [0.15, 0.2) is 18.2 Å². The van der Waals surface area contributed by atoms with Gasteiger partial charge in [0.1, 0.15) is 11.4 Å². The monoisotopic (exact) mass is 195 g/mol. The van der Waals surface area contributed by atoms with Crippen molar-refractivity contribution >= 4 is 5.69 Å². The van der Waals surface area contributed by atoms with Crippen molar-refractivity contribution in [2.75, 3.05) is 11.9 Å². The minimum absolute atomic E-state index is 0.127.